The van der Waals surface area contributed by atoms with Crippen molar-refractivity contribution in [3.05, 3.63) is 11.6 Å². The highest BCUT2D eigenvalue weighted by Gasteiger charge is 2.29. The molecule has 23 heavy (non-hydrogen) atoms. The van der Waals surface area contributed by atoms with Gasteiger partial charge in [0.25, 0.3) is 0 Å². The second-order valence-corrected chi connectivity index (χ2v) is 7.35. The van der Waals surface area contributed by atoms with Crippen LogP contribution in [-0.4, -0.2) is 51.2 Å². The van der Waals surface area contributed by atoms with E-state index in [1.54, 1.807) is 0 Å². The van der Waals surface area contributed by atoms with Crippen molar-refractivity contribution in [1.82, 2.24) is 25.0 Å². The van der Waals surface area contributed by atoms with Crippen LogP contribution in [0.15, 0.2) is 0 Å². The molecule has 1 saturated carbocycles. The summed E-state index contributed by atoms with van der Waals surface area (Å²) in [5, 5.41) is 12.1. The molecule has 126 valence electrons. The Morgan fingerprint density at radius 3 is 2.87 bits per heavy atom. The van der Waals surface area contributed by atoms with Gasteiger partial charge in [-0.15, -0.1) is 10.2 Å². The summed E-state index contributed by atoms with van der Waals surface area (Å²) in [5.41, 5.74) is 0. The molecule has 1 aliphatic carbocycles. The SMILES string of the molecule is O=C(CN1CCCC(c2nnc3n2CCCCC3)C1)NC1CC1. The molecule has 3 aliphatic rings. The van der Waals surface area contributed by atoms with Gasteiger partial charge >= 0.3 is 0 Å². The van der Waals surface area contributed by atoms with E-state index in [1.165, 1.54) is 31.5 Å². The number of hydrogen-bond donors (Lipinski definition) is 1. The number of amides is 1. The number of aromatic nitrogens is 3. The van der Waals surface area contributed by atoms with E-state index in [-0.39, 0.29) is 5.91 Å². The fraction of sp³-hybridized carbons (Fsp3) is 0.824. The highest BCUT2D eigenvalue weighted by molar-refractivity contribution is 5.78. The van der Waals surface area contributed by atoms with Gasteiger partial charge in [0.2, 0.25) is 5.91 Å². The molecule has 1 amide bonds. The third-order valence-electron chi connectivity index (χ3n) is 5.32. The van der Waals surface area contributed by atoms with Gasteiger partial charge in [-0.1, -0.05) is 6.42 Å². The van der Waals surface area contributed by atoms with Crippen molar-refractivity contribution in [2.24, 2.45) is 0 Å². The van der Waals surface area contributed by atoms with Crippen molar-refractivity contribution in [2.45, 2.75) is 69.9 Å². The van der Waals surface area contributed by atoms with Crippen molar-refractivity contribution >= 4 is 5.91 Å². The topological polar surface area (TPSA) is 63.1 Å². The Bertz CT molecular complexity index is 565. The Labute approximate surface area is 137 Å². The lowest BCUT2D eigenvalue weighted by Crippen LogP contribution is -2.43. The third kappa shape index (κ3) is 3.57. The van der Waals surface area contributed by atoms with Gasteiger partial charge in [-0.3, -0.25) is 9.69 Å². The van der Waals surface area contributed by atoms with Crippen molar-refractivity contribution in [3.8, 4) is 0 Å². The number of nitrogens with one attached hydrogen (secondary N) is 1. The quantitative estimate of drug-likeness (QED) is 0.913. The molecule has 0 radical (unpaired) electrons. The molecular weight excluding hydrogens is 290 g/mol. The fourth-order valence-electron chi connectivity index (χ4n) is 3.92. The first-order valence-corrected chi connectivity index (χ1v) is 9.23. The lowest BCUT2D eigenvalue weighted by atomic mass is 9.97. The predicted octanol–water partition coefficient (Wildman–Crippen LogP) is 1.46. The van der Waals surface area contributed by atoms with Crippen LogP contribution >= 0.6 is 0 Å². The molecule has 4 rings (SSSR count). The summed E-state index contributed by atoms with van der Waals surface area (Å²) < 4.78 is 2.37. The monoisotopic (exact) mass is 317 g/mol. The molecule has 1 unspecified atom stereocenters. The van der Waals surface area contributed by atoms with Crippen LogP contribution in [0.3, 0.4) is 0 Å². The van der Waals surface area contributed by atoms with Gasteiger partial charge in [-0.2, -0.15) is 0 Å². The summed E-state index contributed by atoms with van der Waals surface area (Å²) in [4.78, 5) is 14.3. The van der Waals surface area contributed by atoms with E-state index >= 15 is 0 Å². The van der Waals surface area contributed by atoms with Gasteiger partial charge in [0.1, 0.15) is 11.6 Å². The van der Waals surface area contributed by atoms with E-state index in [9.17, 15) is 4.79 Å². The van der Waals surface area contributed by atoms with Gasteiger partial charge in [-0.05, 0) is 45.1 Å². The van der Waals surface area contributed by atoms with Crippen LogP contribution < -0.4 is 5.32 Å². The number of carbonyl (C=O) groups is 1. The number of nitrogens with zero attached hydrogens (tertiary/aromatic N) is 4. The first-order valence-electron chi connectivity index (χ1n) is 9.23. The van der Waals surface area contributed by atoms with E-state index in [0.29, 0.717) is 18.5 Å². The maximum absolute atomic E-state index is 12.0. The van der Waals surface area contributed by atoms with Crippen molar-refractivity contribution < 1.29 is 4.79 Å². The van der Waals surface area contributed by atoms with Crippen LogP contribution in [-0.2, 0) is 17.8 Å². The van der Waals surface area contributed by atoms with E-state index in [1.807, 2.05) is 0 Å². The predicted molar refractivity (Wildman–Crippen MR) is 87.2 cm³/mol. The van der Waals surface area contributed by atoms with Gasteiger partial charge in [-0.25, -0.2) is 0 Å². The minimum Gasteiger partial charge on any atom is -0.352 e. The van der Waals surface area contributed by atoms with Gasteiger partial charge in [0.05, 0.1) is 6.54 Å². The first kappa shape index (κ1) is 15.1. The number of carbonyl (C=O) groups excluding carboxylic acids is 1. The van der Waals surface area contributed by atoms with Gasteiger partial charge in [0, 0.05) is 31.5 Å². The van der Waals surface area contributed by atoms with E-state index in [0.717, 1.165) is 51.1 Å². The summed E-state index contributed by atoms with van der Waals surface area (Å²) in [6.45, 7) is 3.57. The molecule has 0 bridgehead atoms. The molecule has 0 aromatic carbocycles. The molecule has 1 aromatic heterocycles. The zero-order chi connectivity index (χ0) is 15.6. The zero-order valence-electron chi connectivity index (χ0n) is 13.8. The Kier molecular flexibility index (Phi) is 4.33. The van der Waals surface area contributed by atoms with Crippen LogP contribution in [0.4, 0.5) is 0 Å². The molecule has 2 aliphatic heterocycles. The van der Waals surface area contributed by atoms with E-state index < -0.39 is 0 Å². The molecule has 1 N–H and O–H groups in total. The average molecular weight is 317 g/mol. The molecule has 1 aromatic rings. The molecule has 6 nitrogen and oxygen atoms in total. The normalized spacial score (nSPS) is 25.7. The second kappa shape index (κ2) is 6.59. The van der Waals surface area contributed by atoms with Crippen molar-refractivity contribution in [2.75, 3.05) is 19.6 Å². The highest BCUT2D eigenvalue weighted by atomic mass is 16.2. The molecular formula is C17H27N5O. The zero-order valence-corrected chi connectivity index (χ0v) is 13.8. The molecule has 2 fully saturated rings. The summed E-state index contributed by atoms with van der Waals surface area (Å²) in [6.07, 6.45) is 9.44. The van der Waals surface area contributed by atoms with E-state index in [2.05, 4.69) is 25.0 Å². The first-order chi connectivity index (χ1) is 11.3. The number of rotatable bonds is 4. The standard InChI is InChI=1S/C17H27N5O/c23-16(18-14-7-8-14)12-21-9-4-5-13(11-21)17-20-19-15-6-2-1-3-10-22(15)17/h13-14H,1-12H2,(H,18,23). The number of aryl methyl sites for hydroxylation is 1. The Morgan fingerprint density at radius 1 is 1.09 bits per heavy atom. The van der Waals surface area contributed by atoms with Crippen LogP contribution in [0, 0.1) is 0 Å². The fourth-order valence-corrected chi connectivity index (χ4v) is 3.92. The van der Waals surface area contributed by atoms with Gasteiger partial charge < -0.3 is 9.88 Å². The summed E-state index contributed by atoms with van der Waals surface area (Å²) in [5.74, 6) is 2.94. The Morgan fingerprint density at radius 2 is 2.00 bits per heavy atom. The summed E-state index contributed by atoms with van der Waals surface area (Å²) in [6, 6.07) is 0.454. The smallest absolute Gasteiger partial charge is 0.234 e. The largest absolute Gasteiger partial charge is 0.352 e. The lowest BCUT2D eigenvalue weighted by Gasteiger charge is -2.31. The van der Waals surface area contributed by atoms with Crippen LogP contribution in [0.2, 0.25) is 0 Å². The summed E-state index contributed by atoms with van der Waals surface area (Å²) in [7, 11) is 0. The second-order valence-electron chi connectivity index (χ2n) is 7.35. The highest BCUT2D eigenvalue weighted by Crippen LogP contribution is 2.28. The Hall–Kier alpha value is -1.43. The van der Waals surface area contributed by atoms with Gasteiger partial charge in [0.15, 0.2) is 0 Å². The van der Waals surface area contributed by atoms with E-state index in [4.69, 9.17) is 0 Å². The minimum atomic E-state index is 0.188. The average Bonchev–Trinajstić information content (AvgIpc) is 3.31. The van der Waals surface area contributed by atoms with Crippen LogP contribution in [0.25, 0.3) is 0 Å². The Balaban J connectivity index is 1.40. The number of hydrogen-bond acceptors (Lipinski definition) is 4. The third-order valence-corrected chi connectivity index (χ3v) is 5.32. The van der Waals surface area contributed by atoms with Crippen LogP contribution in [0.1, 0.15) is 62.5 Å². The number of piperidine rings is 1. The number of fused-ring (bicyclic) bond motifs is 1. The molecule has 6 heteroatoms. The maximum atomic E-state index is 12.0. The lowest BCUT2D eigenvalue weighted by molar-refractivity contribution is -0.122. The minimum absolute atomic E-state index is 0.188. The van der Waals surface area contributed by atoms with Crippen molar-refractivity contribution in [3.63, 3.8) is 0 Å². The van der Waals surface area contributed by atoms with Crippen molar-refractivity contribution in [1.29, 1.82) is 0 Å². The molecule has 1 atom stereocenters. The van der Waals surface area contributed by atoms with Crippen LogP contribution in [0.5, 0.6) is 0 Å². The molecule has 1 saturated heterocycles. The maximum Gasteiger partial charge on any atom is 0.234 e. The molecule has 0 spiro atoms. The summed E-state index contributed by atoms with van der Waals surface area (Å²) >= 11 is 0. The number of likely N-dealkylation sites (tertiary alicyclic amines) is 1. The molecule has 3 heterocycles.